The van der Waals surface area contributed by atoms with Crippen molar-refractivity contribution in [2.45, 2.75) is 80.1 Å². The molecule has 0 atom stereocenters. The largest absolute Gasteiger partial charge is 0.369 e. The molecule has 8 heteroatoms. The molecule has 184 valence electrons. The van der Waals surface area contributed by atoms with Crippen molar-refractivity contribution in [3.63, 3.8) is 0 Å². The Labute approximate surface area is 195 Å². The fourth-order valence-electron chi connectivity index (χ4n) is 3.08. The van der Waals surface area contributed by atoms with Gasteiger partial charge in [-0.2, -0.15) is 0 Å². The molecule has 32 heavy (non-hydrogen) atoms. The Balaban J connectivity index is 3.97. The highest BCUT2D eigenvalue weighted by molar-refractivity contribution is 7.79. The van der Waals surface area contributed by atoms with Gasteiger partial charge in [-0.3, -0.25) is 9.13 Å². The van der Waals surface area contributed by atoms with Crippen LogP contribution in [0.5, 0.6) is 0 Å². The third-order valence-electron chi connectivity index (χ3n) is 4.74. The van der Waals surface area contributed by atoms with Crippen LogP contribution in [0.25, 0.3) is 6.08 Å². The standard InChI is InChI=1S/C24H42O6P2/c1-11-27-31(25,28-12-2)22(32(26,29-13-3)30-14-4)17-19-15-20(23(5,6)7)18-21(16-19)24(8,9)10/h15-18H,11-14H2,1-10H3. The van der Waals surface area contributed by atoms with E-state index in [1.54, 1.807) is 33.8 Å². The van der Waals surface area contributed by atoms with Crippen LogP contribution < -0.4 is 0 Å². The lowest BCUT2D eigenvalue weighted by Crippen LogP contribution is -2.16. The lowest BCUT2D eigenvalue weighted by atomic mass is 9.79. The Kier molecular flexibility index (Phi) is 10.6. The third kappa shape index (κ3) is 7.65. The zero-order chi connectivity index (χ0) is 24.8. The third-order valence-corrected chi connectivity index (χ3v) is 9.98. The maximum atomic E-state index is 13.8. The van der Waals surface area contributed by atoms with Gasteiger partial charge in [0, 0.05) is 0 Å². The minimum atomic E-state index is -3.94. The Hall–Kier alpha value is -0.740. The normalized spacial score (nSPS) is 13.3. The molecule has 0 unspecified atom stereocenters. The van der Waals surface area contributed by atoms with Crippen LogP contribution in [0, 0.1) is 0 Å². The van der Waals surface area contributed by atoms with E-state index in [-0.39, 0.29) is 42.3 Å². The van der Waals surface area contributed by atoms with Gasteiger partial charge in [0.1, 0.15) is 0 Å². The fraction of sp³-hybridized carbons (Fsp3) is 0.667. The predicted octanol–water partition coefficient (Wildman–Crippen LogP) is 8.11. The van der Waals surface area contributed by atoms with Crippen LogP contribution in [0.15, 0.2) is 23.3 Å². The molecule has 1 aromatic rings. The first-order valence-electron chi connectivity index (χ1n) is 11.3. The summed E-state index contributed by atoms with van der Waals surface area (Å²) in [4.78, 5) is 0. The number of hydrogen-bond acceptors (Lipinski definition) is 6. The summed E-state index contributed by atoms with van der Waals surface area (Å²) in [5, 5.41) is -0.0664. The van der Waals surface area contributed by atoms with Gasteiger partial charge in [0.25, 0.3) is 0 Å². The quantitative estimate of drug-likeness (QED) is 0.293. The van der Waals surface area contributed by atoms with Crippen molar-refractivity contribution in [3.05, 3.63) is 39.9 Å². The van der Waals surface area contributed by atoms with E-state index in [9.17, 15) is 9.13 Å². The summed E-state index contributed by atoms with van der Waals surface area (Å²) in [5.74, 6) is 0. The van der Waals surface area contributed by atoms with Crippen LogP contribution in [0.3, 0.4) is 0 Å². The van der Waals surface area contributed by atoms with Crippen molar-refractivity contribution < 1.29 is 27.2 Å². The van der Waals surface area contributed by atoms with Gasteiger partial charge in [0.2, 0.25) is 0 Å². The Morgan fingerprint density at radius 2 is 1.00 bits per heavy atom. The number of hydrogen-bond donors (Lipinski definition) is 0. The Morgan fingerprint density at radius 3 is 1.25 bits per heavy atom. The van der Waals surface area contributed by atoms with E-state index in [0.29, 0.717) is 0 Å². The van der Waals surface area contributed by atoms with Crippen molar-refractivity contribution in [2.24, 2.45) is 0 Å². The van der Waals surface area contributed by atoms with Crippen LogP contribution in [0.2, 0.25) is 0 Å². The minimum Gasteiger partial charge on any atom is -0.305 e. The van der Waals surface area contributed by atoms with E-state index in [2.05, 4.69) is 47.6 Å². The van der Waals surface area contributed by atoms with Gasteiger partial charge >= 0.3 is 15.2 Å². The summed E-state index contributed by atoms with van der Waals surface area (Å²) >= 11 is 0. The lowest BCUT2D eigenvalue weighted by Gasteiger charge is -2.27. The Morgan fingerprint density at radius 1 is 0.688 bits per heavy atom. The average molecular weight is 489 g/mol. The van der Waals surface area contributed by atoms with Crippen LogP contribution in [-0.4, -0.2) is 26.4 Å². The van der Waals surface area contributed by atoms with Gasteiger partial charge < -0.3 is 18.1 Å². The predicted molar refractivity (Wildman–Crippen MR) is 134 cm³/mol. The molecule has 1 aromatic carbocycles. The topological polar surface area (TPSA) is 71.1 Å². The van der Waals surface area contributed by atoms with Gasteiger partial charge in [-0.15, -0.1) is 0 Å². The van der Waals surface area contributed by atoms with Crippen molar-refractivity contribution in [3.8, 4) is 0 Å². The zero-order valence-electron chi connectivity index (χ0n) is 21.5. The van der Waals surface area contributed by atoms with Gasteiger partial charge in [-0.05, 0) is 61.3 Å². The first-order valence-corrected chi connectivity index (χ1v) is 14.4. The molecule has 1 rings (SSSR count). The van der Waals surface area contributed by atoms with Gasteiger partial charge in [-0.1, -0.05) is 59.7 Å². The molecule has 0 aromatic heterocycles. The SMILES string of the molecule is CCOP(=O)(OCC)C(=Cc1cc(C(C)(C)C)cc(C(C)(C)C)c1)P(=O)(OCC)OCC. The minimum absolute atomic E-state index is 0.0664. The highest BCUT2D eigenvalue weighted by atomic mass is 31.2. The highest BCUT2D eigenvalue weighted by Crippen LogP contribution is 2.74. The van der Waals surface area contributed by atoms with Crippen molar-refractivity contribution in [1.29, 1.82) is 0 Å². The molecule has 0 aliphatic carbocycles. The zero-order valence-corrected chi connectivity index (χ0v) is 23.3. The molecule has 0 saturated heterocycles. The molecule has 0 fully saturated rings. The summed E-state index contributed by atoms with van der Waals surface area (Å²) in [5.41, 5.74) is 2.74. The number of rotatable bonds is 11. The molecule has 0 aliphatic rings. The fourth-order valence-corrected chi connectivity index (χ4v) is 7.62. The van der Waals surface area contributed by atoms with Gasteiger partial charge in [-0.25, -0.2) is 0 Å². The average Bonchev–Trinajstić information content (AvgIpc) is 2.65. The van der Waals surface area contributed by atoms with Crippen molar-refractivity contribution in [2.75, 3.05) is 26.4 Å². The number of benzene rings is 1. The highest BCUT2D eigenvalue weighted by Gasteiger charge is 2.45. The molecule has 0 saturated carbocycles. The first-order chi connectivity index (χ1) is 14.7. The summed E-state index contributed by atoms with van der Waals surface area (Å²) in [6, 6.07) is 6.21. The van der Waals surface area contributed by atoms with E-state index < -0.39 is 15.2 Å². The van der Waals surface area contributed by atoms with Gasteiger partial charge in [0.05, 0.1) is 26.4 Å². The molecule has 0 N–H and O–H groups in total. The molecule has 0 heterocycles. The maximum absolute atomic E-state index is 13.8. The molecule has 6 nitrogen and oxygen atoms in total. The smallest absolute Gasteiger partial charge is 0.305 e. The van der Waals surface area contributed by atoms with Crippen LogP contribution in [0.1, 0.15) is 85.9 Å². The van der Waals surface area contributed by atoms with Crippen LogP contribution in [0.4, 0.5) is 0 Å². The van der Waals surface area contributed by atoms with E-state index in [1.165, 1.54) is 0 Å². The second-order valence-electron chi connectivity index (χ2n) is 9.51. The molecule has 0 spiro atoms. The summed E-state index contributed by atoms with van der Waals surface area (Å²) in [6.07, 6.45) is 1.61. The van der Waals surface area contributed by atoms with E-state index in [1.807, 2.05) is 12.1 Å². The van der Waals surface area contributed by atoms with Crippen molar-refractivity contribution >= 4 is 21.3 Å². The molecular formula is C24H42O6P2. The second-order valence-corrected chi connectivity index (χ2v) is 13.9. The van der Waals surface area contributed by atoms with Crippen LogP contribution >= 0.6 is 15.2 Å². The lowest BCUT2D eigenvalue weighted by molar-refractivity contribution is 0.214. The van der Waals surface area contributed by atoms with Crippen LogP contribution in [-0.2, 0) is 38.1 Å². The van der Waals surface area contributed by atoms with E-state index in [0.717, 1.165) is 16.7 Å². The van der Waals surface area contributed by atoms with E-state index in [4.69, 9.17) is 18.1 Å². The molecular weight excluding hydrogens is 446 g/mol. The van der Waals surface area contributed by atoms with E-state index >= 15 is 0 Å². The molecule has 0 bridgehead atoms. The second kappa shape index (κ2) is 11.6. The summed E-state index contributed by atoms with van der Waals surface area (Å²) < 4.78 is 49.9. The Bertz CT molecular complexity index is 793. The van der Waals surface area contributed by atoms with Gasteiger partial charge in [0.15, 0.2) is 5.06 Å². The monoisotopic (exact) mass is 488 g/mol. The first kappa shape index (κ1) is 29.3. The molecule has 0 radical (unpaired) electrons. The maximum Gasteiger partial charge on any atom is 0.369 e. The molecule has 0 aliphatic heterocycles. The molecule has 0 amide bonds. The summed E-state index contributed by atoms with van der Waals surface area (Å²) in [7, 11) is -7.88. The van der Waals surface area contributed by atoms with Crippen molar-refractivity contribution in [1.82, 2.24) is 0 Å². The summed E-state index contributed by atoms with van der Waals surface area (Å²) in [6.45, 7) is 20.2.